The van der Waals surface area contributed by atoms with E-state index in [0.29, 0.717) is 16.0 Å². The average molecular weight is 430 g/mol. The second kappa shape index (κ2) is 5.16. The van der Waals surface area contributed by atoms with E-state index in [2.05, 4.69) is 48.5 Å². The van der Waals surface area contributed by atoms with E-state index in [9.17, 15) is 0 Å². The Morgan fingerprint density at radius 1 is 1.25 bits per heavy atom. The summed E-state index contributed by atoms with van der Waals surface area (Å²) in [5, 5.41) is 1.08. The third-order valence-electron chi connectivity index (χ3n) is 1.87. The van der Waals surface area contributed by atoms with E-state index in [1.165, 1.54) is 0 Å². The molecule has 0 saturated carbocycles. The zero-order valence-corrected chi connectivity index (χ0v) is 13.0. The molecule has 0 saturated heterocycles. The smallest absolute Gasteiger partial charge is 0.162 e. The molecule has 0 radical (unpaired) electrons. The normalized spacial score (nSPS) is 10.5. The van der Waals surface area contributed by atoms with Gasteiger partial charge in [-0.2, -0.15) is 0 Å². The standard InChI is InChI=1S/C10H4BrCl2IN2/c11-7-2-1-5(12)3-6(7)10-15-4-8(14)9(13)16-10/h1-4H. The molecule has 0 bridgehead atoms. The zero-order chi connectivity index (χ0) is 11.7. The Bertz CT molecular complexity index is 548. The molecule has 1 aromatic carbocycles. The first kappa shape index (κ1) is 12.5. The molecule has 0 unspecified atom stereocenters. The van der Waals surface area contributed by atoms with Crippen LogP contribution in [-0.4, -0.2) is 9.97 Å². The number of rotatable bonds is 1. The zero-order valence-electron chi connectivity index (χ0n) is 7.72. The van der Waals surface area contributed by atoms with Crippen LogP contribution in [0.4, 0.5) is 0 Å². The maximum absolute atomic E-state index is 5.95. The highest BCUT2D eigenvalue weighted by Gasteiger charge is 2.09. The van der Waals surface area contributed by atoms with Gasteiger partial charge in [0.25, 0.3) is 0 Å². The fourth-order valence-corrected chi connectivity index (χ4v) is 2.13. The van der Waals surface area contributed by atoms with Crippen LogP contribution < -0.4 is 0 Å². The lowest BCUT2D eigenvalue weighted by molar-refractivity contribution is 1.16. The average Bonchev–Trinajstić information content (AvgIpc) is 2.26. The van der Waals surface area contributed by atoms with Gasteiger partial charge in [-0.1, -0.05) is 39.1 Å². The molecule has 0 amide bonds. The summed E-state index contributed by atoms with van der Waals surface area (Å²) in [5.41, 5.74) is 0.825. The van der Waals surface area contributed by atoms with Gasteiger partial charge >= 0.3 is 0 Å². The molecule has 16 heavy (non-hydrogen) atoms. The molecule has 0 spiro atoms. The fourth-order valence-electron chi connectivity index (χ4n) is 1.14. The Labute approximate surface area is 125 Å². The molecule has 2 aromatic rings. The number of hydrogen-bond acceptors (Lipinski definition) is 2. The number of benzene rings is 1. The van der Waals surface area contributed by atoms with Crippen LogP contribution in [0.1, 0.15) is 0 Å². The molecule has 82 valence electrons. The van der Waals surface area contributed by atoms with Crippen LogP contribution in [0.2, 0.25) is 10.2 Å². The highest BCUT2D eigenvalue weighted by molar-refractivity contribution is 14.1. The molecule has 0 atom stereocenters. The van der Waals surface area contributed by atoms with Gasteiger partial charge in [-0.3, -0.25) is 0 Å². The summed E-state index contributed by atoms with van der Waals surface area (Å²) in [6, 6.07) is 5.44. The van der Waals surface area contributed by atoms with Crippen molar-refractivity contribution < 1.29 is 0 Å². The van der Waals surface area contributed by atoms with Crippen molar-refractivity contribution in [3.63, 3.8) is 0 Å². The Hall–Kier alpha value is 0.0900. The molecule has 0 fully saturated rings. The first-order chi connectivity index (χ1) is 7.58. The molecule has 2 rings (SSSR count). The molecule has 0 aliphatic heterocycles. The molecule has 6 heteroatoms. The molecule has 1 heterocycles. The van der Waals surface area contributed by atoms with Gasteiger partial charge < -0.3 is 0 Å². The van der Waals surface area contributed by atoms with Crippen LogP contribution >= 0.6 is 61.7 Å². The van der Waals surface area contributed by atoms with Crippen molar-refractivity contribution in [3.05, 3.63) is 42.6 Å². The highest BCUT2D eigenvalue weighted by Crippen LogP contribution is 2.29. The minimum atomic E-state index is 0.442. The summed E-state index contributed by atoms with van der Waals surface area (Å²) in [5.74, 6) is 0.555. The third kappa shape index (κ3) is 2.67. The number of nitrogens with zero attached hydrogens (tertiary/aromatic N) is 2. The largest absolute Gasteiger partial charge is 0.235 e. The monoisotopic (exact) mass is 428 g/mol. The predicted molar refractivity (Wildman–Crippen MR) is 77.9 cm³/mol. The molecule has 0 aliphatic rings. The van der Waals surface area contributed by atoms with Crippen LogP contribution in [0.5, 0.6) is 0 Å². The van der Waals surface area contributed by atoms with Crippen LogP contribution in [0, 0.1) is 3.57 Å². The van der Waals surface area contributed by atoms with Crippen LogP contribution in [0.3, 0.4) is 0 Å². The van der Waals surface area contributed by atoms with Crippen molar-refractivity contribution in [1.82, 2.24) is 9.97 Å². The van der Waals surface area contributed by atoms with Crippen molar-refractivity contribution in [2.45, 2.75) is 0 Å². The molecule has 2 nitrogen and oxygen atoms in total. The van der Waals surface area contributed by atoms with E-state index < -0.39 is 0 Å². The molecule has 0 N–H and O–H groups in total. The molecular formula is C10H4BrCl2IN2. The van der Waals surface area contributed by atoms with Gasteiger partial charge in [-0.05, 0) is 40.8 Å². The summed E-state index contributed by atoms with van der Waals surface area (Å²) < 4.78 is 1.70. The maximum Gasteiger partial charge on any atom is 0.162 e. The summed E-state index contributed by atoms with van der Waals surface area (Å²) in [7, 11) is 0. The Balaban J connectivity index is 2.58. The quantitative estimate of drug-likeness (QED) is 0.480. The topological polar surface area (TPSA) is 25.8 Å². The fraction of sp³-hybridized carbons (Fsp3) is 0. The van der Waals surface area contributed by atoms with Gasteiger partial charge in [0, 0.05) is 21.3 Å². The van der Waals surface area contributed by atoms with Gasteiger partial charge in [-0.25, -0.2) is 9.97 Å². The third-order valence-corrected chi connectivity index (χ3v) is 4.19. The minimum Gasteiger partial charge on any atom is -0.235 e. The predicted octanol–water partition coefficient (Wildman–Crippen LogP) is 4.82. The lowest BCUT2D eigenvalue weighted by Gasteiger charge is -2.04. The van der Waals surface area contributed by atoms with E-state index in [-0.39, 0.29) is 0 Å². The molecule has 0 aliphatic carbocycles. The SMILES string of the molecule is Clc1ccc(Br)c(-c2ncc(I)c(Cl)n2)c1. The minimum absolute atomic E-state index is 0.442. The summed E-state index contributed by atoms with van der Waals surface area (Å²) in [4.78, 5) is 8.42. The Morgan fingerprint density at radius 3 is 2.69 bits per heavy atom. The van der Waals surface area contributed by atoms with Crippen LogP contribution in [-0.2, 0) is 0 Å². The number of halogens is 4. The Morgan fingerprint density at radius 2 is 2.00 bits per heavy atom. The summed E-state index contributed by atoms with van der Waals surface area (Å²) in [6.45, 7) is 0. The van der Waals surface area contributed by atoms with Crippen molar-refractivity contribution in [2.24, 2.45) is 0 Å². The number of hydrogen-bond donors (Lipinski definition) is 0. The summed E-state index contributed by atoms with van der Waals surface area (Å²) in [6.07, 6.45) is 1.68. The van der Waals surface area contributed by atoms with Crippen LogP contribution in [0.15, 0.2) is 28.9 Å². The van der Waals surface area contributed by atoms with E-state index in [4.69, 9.17) is 23.2 Å². The van der Waals surface area contributed by atoms with E-state index in [0.717, 1.165) is 13.6 Å². The van der Waals surface area contributed by atoms with Gasteiger partial charge in [-0.15, -0.1) is 0 Å². The van der Waals surface area contributed by atoms with Gasteiger partial charge in [0.15, 0.2) is 5.82 Å². The first-order valence-corrected chi connectivity index (χ1v) is 6.84. The first-order valence-electron chi connectivity index (χ1n) is 4.21. The second-order valence-electron chi connectivity index (χ2n) is 2.96. The van der Waals surface area contributed by atoms with Gasteiger partial charge in [0.2, 0.25) is 0 Å². The Kier molecular flexibility index (Phi) is 4.05. The van der Waals surface area contributed by atoms with Gasteiger partial charge in [0.05, 0.1) is 3.57 Å². The van der Waals surface area contributed by atoms with E-state index >= 15 is 0 Å². The van der Waals surface area contributed by atoms with E-state index in [1.54, 1.807) is 18.3 Å². The van der Waals surface area contributed by atoms with Crippen molar-refractivity contribution in [2.75, 3.05) is 0 Å². The maximum atomic E-state index is 5.95. The molecular weight excluding hydrogens is 426 g/mol. The van der Waals surface area contributed by atoms with Crippen molar-refractivity contribution in [3.8, 4) is 11.4 Å². The van der Waals surface area contributed by atoms with Gasteiger partial charge in [0.1, 0.15) is 5.15 Å². The lowest BCUT2D eigenvalue weighted by atomic mass is 10.2. The lowest BCUT2D eigenvalue weighted by Crippen LogP contribution is -1.92. The van der Waals surface area contributed by atoms with E-state index in [1.807, 2.05) is 6.07 Å². The van der Waals surface area contributed by atoms with Crippen molar-refractivity contribution >= 4 is 61.7 Å². The number of aromatic nitrogens is 2. The van der Waals surface area contributed by atoms with Crippen LogP contribution in [0.25, 0.3) is 11.4 Å². The second-order valence-corrected chi connectivity index (χ2v) is 5.77. The molecule has 1 aromatic heterocycles. The van der Waals surface area contributed by atoms with Crippen molar-refractivity contribution in [1.29, 1.82) is 0 Å². The highest BCUT2D eigenvalue weighted by atomic mass is 127. The summed E-state index contributed by atoms with van der Waals surface area (Å²) >= 11 is 17.4.